The van der Waals surface area contributed by atoms with Gasteiger partial charge in [0.05, 0.1) is 21.6 Å². The number of halogens is 1. The highest BCUT2D eigenvalue weighted by atomic mass is 35.5. The molecular weight excluding hydrogens is 276 g/mol. The molecule has 1 aromatic carbocycles. The van der Waals surface area contributed by atoms with Gasteiger partial charge < -0.3 is 10.0 Å². The third-order valence-electron chi connectivity index (χ3n) is 2.79. The van der Waals surface area contributed by atoms with Gasteiger partial charge in [-0.3, -0.25) is 14.9 Å². The van der Waals surface area contributed by atoms with Gasteiger partial charge in [-0.25, -0.2) is 4.79 Å². The first-order chi connectivity index (χ1) is 8.90. The van der Waals surface area contributed by atoms with Gasteiger partial charge in [0.1, 0.15) is 0 Å². The van der Waals surface area contributed by atoms with Gasteiger partial charge in [-0.05, 0) is 6.07 Å². The molecule has 8 heteroatoms. The molecule has 100 valence electrons. The van der Waals surface area contributed by atoms with Gasteiger partial charge in [0, 0.05) is 25.1 Å². The van der Waals surface area contributed by atoms with E-state index < -0.39 is 10.9 Å². The summed E-state index contributed by atoms with van der Waals surface area (Å²) in [6.45, 7) is 0.193. The number of nitro groups is 1. The van der Waals surface area contributed by atoms with Crippen LogP contribution in [-0.2, 0) is 4.79 Å². The molecule has 0 aliphatic carbocycles. The van der Waals surface area contributed by atoms with Gasteiger partial charge in [-0.1, -0.05) is 0 Å². The number of alkyl halides is 1. The number of rotatable bonds is 3. The van der Waals surface area contributed by atoms with Crippen LogP contribution in [0.5, 0.6) is 0 Å². The number of benzene rings is 1. The Hall–Kier alpha value is -2.15. The van der Waals surface area contributed by atoms with E-state index in [1.807, 2.05) is 0 Å². The van der Waals surface area contributed by atoms with Crippen molar-refractivity contribution in [2.75, 3.05) is 11.4 Å². The van der Waals surface area contributed by atoms with E-state index in [2.05, 4.69) is 0 Å². The van der Waals surface area contributed by atoms with Gasteiger partial charge in [-0.2, -0.15) is 0 Å². The molecule has 1 heterocycles. The summed E-state index contributed by atoms with van der Waals surface area (Å²) in [5, 5.41) is 19.3. The highest BCUT2D eigenvalue weighted by molar-refractivity contribution is 6.24. The number of non-ortho nitro benzene ring substituents is 1. The maximum atomic E-state index is 11.7. The van der Waals surface area contributed by atoms with Crippen molar-refractivity contribution in [3.05, 3.63) is 33.9 Å². The van der Waals surface area contributed by atoms with Crippen molar-refractivity contribution in [3.63, 3.8) is 0 Å². The zero-order chi connectivity index (χ0) is 14.2. The number of nitro benzene ring substituents is 1. The van der Waals surface area contributed by atoms with E-state index in [0.717, 1.165) is 12.1 Å². The van der Waals surface area contributed by atoms with E-state index >= 15 is 0 Å². The Balaban J connectivity index is 2.48. The Kier molecular flexibility index (Phi) is 3.39. The van der Waals surface area contributed by atoms with Crippen molar-refractivity contribution in [2.45, 2.75) is 11.8 Å². The molecule has 1 fully saturated rings. The van der Waals surface area contributed by atoms with E-state index in [1.54, 1.807) is 0 Å². The molecular formula is C11H9ClN2O5. The number of anilines is 1. The lowest BCUT2D eigenvalue weighted by atomic mass is 10.1. The fraction of sp³-hybridized carbons (Fsp3) is 0.273. The van der Waals surface area contributed by atoms with Crippen LogP contribution >= 0.6 is 11.6 Å². The lowest BCUT2D eigenvalue weighted by Crippen LogP contribution is -2.26. The minimum absolute atomic E-state index is 0.123. The zero-order valence-corrected chi connectivity index (χ0v) is 10.3. The number of hydrogen-bond acceptors (Lipinski definition) is 4. The number of nitrogens with zero attached hydrogens (tertiary/aromatic N) is 2. The van der Waals surface area contributed by atoms with E-state index in [1.165, 1.54) is 11.0 Å². The van der Waals surface area contributed by atoms with Crippen LogP contribution in [0.4, 0.5) is 11.4 Å². The summed E-state index contributed by atoms with van der Waals surface area (Å²) in [5.41, 5.74) is -0.491. The van der Waals surface area contributed by atoms with Crippen molar-refractivity contribution in [2.24, 2.45) is 0 Å². The number of carbonyl (C=O) groups excluding carboxylic acids is 1. The summed E-state index contributed by atoms with van der Waals surface area (Å²) in [4.78, 5) is 34.0. The molecule has 1 amide bonds. The highest BCUT2D eigenvalue weighted by Gasteiger charge is 2.32. The predicted octanol–water partition coefficient (Wildman–Crippen LogP) is 1.64. The van der Waals surface area contributed by atoms with Gasteiger partial charge in [-0.15, -0.1) is 11.6 Å². The summed E-state index contributed by atoms with van der Waals surface area (Å²) in [7, 11) is 0. The Morgan fingerprint density at radius 2 is 2.21 bits per heavy atom. The van der Waals surface area contributed by atoms with Gasteiger partial charge in [0.15, 0.2) is 0 Å². The third-order valence-corrected chi connectivity index (χ3v) is 3.08. The molecule has 1 aliphatic heterocycles. The lowest BCUT2D eigenvalue weighted by Gasteiger charge is -2.17. The molecule has 0 aromatic heterocycles. The maximum Gasteiger partial charge on any atom is 0.338 e. The number of carboxylic acid groups (broad SMARTS) is 1. The first-order valence-corrected chi connectivity index (χ1v) is 5.80. The fourth-order valence-electron chi connectivity index (χ4n) is 1.94. The smallest absolute Gasteiger partial charge is 0.338 e. The minimum atomic E-state index is -1.33. The van der Waals surface area contributed by atoms with Crippen molar-refractivity contribution < 1.29 is 19.6 Å². The summed E-state index contributed by atoms with van der Waals surface area (Å²) in [6, 6.07) is 3.36. The molecule has 1 atom stereocenters. The molecule has 1 N–H and O–H groups in total. The summed E-state index contributed by atoms with van der Waals surface area (Å²) >= 11 is 5.85. The van der Waals surface area contributed by atoms with E-state index in [9.17, 15) is 19.7 Å². The van der Waals surface area contributed by atoms with Gasteiger partial charge in [0.25, 0.3) is 5.69 Å². The molecule has 1 aromatic rings. The molecule has 1 saturated heterocycles. The van der Waals surface area contributed by atoms with Crippen molar-refractivity contribution >= 4 is 34.9 Å². The summed E-state index contributed by atoms with van der Waals surface area (Å²) in [5.74, 6) is -1.62. The molecule has 1 unspecified atom stereocenters. The van der Waals surface area contributed by atoms with Crippen LogP contribution in [0.3, 0.4) is 0 Å². The first-order valence-electron chi connectivity index (χ1n) is 5.36. The molecule has 7 nitrogen and oxygen atoms in total. The maximum absolute atomic E-state index is 11.7. The van der Waals surface area contributed by atoms with Crippen LogP contribution in [0, 0.1) is 10.1 Å². The second-order valence-corrected chi connectivity index (χ2v) is 4.69. The van der Waals surface area contributed by atoms with Crippen molar-refractivity contribution in [1.82, 2.24) is 0 Å². The van der Waals surface area contributed by atoms with E-state index in [0.29, 0.717) is 0 Å². The molecule has 1 aliphatic rings. The standard InChI is InChI=1S/C11H9ClN2O5/c12-6-3-10(15)13(5-6)9-2-1-7(14(18)19)4-8(9)11(16)17/h1-2,4,6H,3,5H2,(H,16,17). The Morgan fingerprint density at radius 3 is 2.68 bits per heavy atom. The topological polar surface area (TPSA) is 101 Å². The molecule has 2 rings (SSSR count). The molecule has 0 spiro atoms. The van der Waals surface area contributed by atoms with Crippen LogP contribution in [0.1, 0.15) is 16.8 Å². The average molecular weight is 285 g/mol. The SMILES string of the molecule is O=C(O)c1cc([N+](=O)[O-])ccc1N1CC(Cl)CC1=O. The van der Waals surface area contributed by atoms with E-state index in [4.69, 9.17) is 16.7 Å². The second-order valence-electron chi connectivity index (χ2n) is 4.07. The van der Waals surface area contributed by atoms with Crippen LogP contribution in [0.25, 0.3) is 0 Å². The third kappa shape index (κ3) is 2.50. The number of carboxylic acids is 1. The molecule has 19 heavy (non-hydrogen) atoms. The van der Waals surface area contributed by atoms with Gasteiger partial charge >= 0.3 is 5.97 Å². The summed E-state index contributed by atoms with van der Waals surface area (Å²) < 4.78 is 0. The normalized spacial score (nSPS) is 18.7. The fourth-order valence-corrected chi connectivity index (χ4v) is 2.21. The Labute approximate surface area is 112 Å². The zero-order valence-electron chi connectivity index (χ0n) is 9.58. The van der Waals surface area contributed by atoms with Crippen LogP contribution in [0.15, 0.2) is 18.2 Å². The Bertz CT molecular complexity index is 574. The molecule has 0 radical (unpaired) electrons. The molecule has 0 saturated carbocycles. The lowest BCUT2D eigenvalue weighted by molar-refractivity contribution is -0.384. The predicted molar refractivity (Wildman–Crippen MR) is 66.7 cm³/mol. The minimum Gasteiger partial charge on any atom is -0.478 e. The molecule has 0 bridgehead atoms. The number of hydrogen-bond donors (Lipinski definition) is 1. The first kappa shape index (κ1) is 13.3. The quantitative estimate of drug-likeness (QED) is 0.516. The number of aromatic carboxylic acids is 1. The number of amides is 1. The number of carbonyl (C=O) groups is 2. The van der Waals surface area contributed by atoms with Crippen LogP contribution in [0.2, 0.25) is 0 Å². The summed E-state index contributed by atoms with van der Waals surface area (Å²) in [6.07, 6.45) is 0.123. The van der Waals surface area contributed by atoms with Crippen LogP contribution in [-0.4, -0.2) is 33.8 Å². The van der Waals surface area contributed by atoms with Crippen LogP contribution < -0.4 is 4.90 Å². The van der Waals surface area contributed by atoms with E-state index in [-0.39, 0.29) is 41.2 Å². The largest absolute Gasteiger partial charge is 0.478 e. The second kappa shape index (κ2) is 4.85. The van der Waals surface area contributed by atoms with Crippen molar-refractivity contribution in [3.8, 4) is 0 Å². The Morgan fingerprint density at radius 1 is 1.53 bits per heavy atom. The highest BCUT2D eigenvalue weighted by Crippen LogP contribution is 2.30. The van der Waals surface area contributed by atoms with Gasteiger partial charge in [0.2, 0.25) is 5.91 Å². The van der Waals surface area contributed by atoms with Crippen molar-refractivity contribution in [1.29, 1.82) is 0 Å². The average Bonchev–Trinajstić information content (AvgIpc) is 2.67. The monoisotopic (exact) mass is 284 g/mol.